The van der Waals surface area contributed by atoms with Gasteiger partial charge in [0.2, 0.25) is 0 Å². The SMILES string of the molecule is CC[N+]1(C)C2CCC1CC(OC(=O)C(CO)c1ccccc1)C2. The summed E-state index contributed by atoms with van der Waals surface area (Å²) in [5.41, 5.74) is 0.827. The van der Waals surface area contributed by atoms with E-state index in [9.17, 15) is 9.90 Å². The van der Waals surface area contributed by atoms with Crippen LogP contribution in [-0.4, -0.2) is 53.9 Å². The van der Waals surface area contributed by atoms with Gasteiger partial charge in [0.1, 0.15) is 12.0 Å². The Morgan fingerprint density at radius 2 is 1.87 bits per heavy atom. The fourth-order valence-electron chi connectivity index (χ4n) is 4.55. The summed E-state index contributed by atoms with van der Waals surface area (Å²) in [6.07, 6.45) is 4.41. The first-order valence-corrected chi connectivity index (χ1v) is 8.79. The van der Waals surface area contributed by atoms with Gasteiger partial charge in [-0.1, -0.05) is 30.3 Å². The Balaban J connectivity index is 1.65. The molecular weight excluding hydrogens is 290 g/mol. The van der Waals surface area contributed by atoms with Crippen molar-refractivity contribution in [2.75, 3.05) is 20.2 Å². The van der Waals surface area contributed by atoms with E-state index in [2.05, 4.69) is 14.0 Å². The molecule has 3 unspecified atom stereocenters. The van der Waals surface area contributed by atoms with Crippen molar-refractivity contribution in [3.63, 3.8) is 0 Å². The van der Waals surface area contributed by atoms with Crippen LogP contribution in [-0.2, 0) is 9.53 Å². The van der Waals surface area contributed by atoms with Gasteiger partial charge < -0.3 is 14.3 Å². The number of fused-ring (bicyclic) bond motifs is 2. The zero-order valence-electron chi connectivity index (χ0n) is 14.1. The van der Waals surface area contributed by atoms with Gasteiger partial charge in [0.05, 0.1) is 32.3 Å². The van der Waals surface area contributed by atoms with Crippen LogP contribution in [0.2, 0.25) is 0 Å². The third-order valence-corrected chi connectivity index (χ3v) is 6.20. The van der Waals surface area contributed by atoms with Crippen molar-refractivity contribution in [2.24, 2.45) is 0 Å². The van der Waals surface area contributed by atoms with Crippen LogP contribution in [0.15, 0.2) is 30.3 Å². The summed E-state index contributed by atoms with van der Waals surface area (Å²) in [6, 6.07) is 10.6. The standard InChI is InChI=1S/C19H28NO3/c1-3-20(2)15-9-10-16(20)12-17(11-15)23-19(22)18(13-21)14-7-5-4-6-8-14/h4-8,15-18,21H,3,9-13H2,1-2H3/q+1. The van der Waals surface area contributed by atoms with Gasteiger partial charge in [-0.25, -0.2) is 0 Å². The Kier molecular flexibility index (Phi) is 4.74. The van der Waals surface area contributed by atoms with Gasteiger partial charge in [-0.2, -0.15) is 0 Å². The van der Waals surface area contributed by atoms with Crippen molar-refractivity contribution in [1.29, 1.82) is 0 Å². The van der Waals surface area contributed by atoms with Crippen LogP contribution in [0.1, 0.15) is 44.1 Å². The highest BCUT2D eigenvalue weighted by molar-refractivity contribution is 5.78. The lowest BCUT2D eigenvalue weighted by Gasteiger charge is -2.46. The molecule has 2 saturated heterocycles. The maximum absolute atomic E-state index is 12.5. The van der Waals surface area contributed by atoms with Gasteiger partial charge in [-0.3, -0.25) is 4.79 Å². The van der Waals surface area contributed by atoms with Crippen molar-refractivity contribution in [2.45, 2.75) is 56.7 Å². The number of benzene rings is 1. The number of ether oxygens (including phenoxy) is 1. The molecule has 0 aliphatic carbocycles. The Morgan fingerprint density at radius 3 is 2.39 bits per heavy atom. The van der Waals surface area contributed by atoms with E-state index in [0.717, 1.165) is 29.4 Å². The van der Waals surface area contributed by atoms with E-state index in [-0.39, 0.29) is 18.7 Å². The fourth-order valence-corrected chi connectivity index (χ4v) is 4.55. The normalized spacial score (nSPS) is 34.1. The van der Waals surface area contributed by atoms with E-state index in [1.807, 2.05) is 30.3 Å². The molecule has 4 heteroatoms. The van der Waals surface area contributed by atoms with Crippen molar-refractivity contribution < 1.29 is 19.1 Å². The first-order valence-electron chi connectivity index (χ1n) is 8.79. The summed E-state index contributed by atoms with van der Waals surface area (Å²) < 4.78 is 6.94. The second-order valence-corrected chi connectivity index (χ2v) is 7.22. The highest BCUT2D eigenvalue weighted by Crippen LogP contribution is 2.42. The van der Waals surface area contributed by atoms with Crippen LogP contribution in [0, 0.1) is 0 Å². The molecule has 0 amide bonds. The minimum absolute atomic E-state index is 0.00973. The number of hydrogen-bond donors (Lipinski definition) is 1. The van der Waals surface area contributed by atoms with Crippen molar-refractivity contribution in [1.82, 2.24) is 0 Å². The molecular formula is C19H28NO3+. The average Bonchev–Trinajstić information content (AvgIpc) is 2.74. The molecule has 0 spiro atoms. The predicted molar refractivity (Wildman–Crippen MR) is 88.9 cm³/mol. The van der Waals surface area contributed by atoms with Gasteiger partial charge >= 0.3 is 5.97 Å². The third kappa shape index (κ3) is 3.02. The lowest BCUT2D eigenvalue weighted by molar-refractivity contribution is -0.947. The van der Waals surface area contributed by atoms with Crippen LogP contribution in [0.4, 0.5) is 0 Å². The van der Waals surface area contributed by atoms with Gasteiger partial charge in [-0.05, 0) is 12.5 Å². The number of quaternary nitrogens is 1. The molecule has 126 valence electrons. The highest BCUT2D eigenvalue weighted by atomic mass is 16.5. The zero-order valence-corrected chi connectivity index (χ0v) is 14.1. The molecule has 4 nitrogen and oxygen atoms in total. The third-order valence-electron chi connectivity index (χ3n) is 6.20. The number of aliphatic hydroxyl groups excluding tert-OH is 1. The lowest BCUT2D eigenvalue weighted by Crippen LogP contribution is -2.58. The summed E-state index contributed by atoms with van der Waals surface area (Å²) in [6.45, 7) is 3.21. The Morgan fingerprint density at radius 1 is 1.26 bits per heavy atom. The number of aliphatic hydroxyl groups is 1. The second-order valence-electron chi connectivity index (χ2n) is 7.22. The monoisotopic (exact) mass is 318 g/mol. The minimum atomic E-state index is -0.567. The van der Waals surface area contributed by atoms with E-state index in [0.29, 0.717) is 12.1 Å². The number of rotatable bonds is 5. The maximum atomic E-state index is 12.5. The van der Waals surface area contributed by atoms with Crippen molar-refractivity contribution >= 4 is 5.97 Å². The molecule has 2 aliphatic heterocycles. The van der Waals surface area contributed by atoms with Crippen molar-refractivity contribution in [3.05, 3.63) is 35.9 Å². The molecule has 1 N–H and O–H groups in total. The molecule has 2 bridgehead atoms. The van der Waals surface area contributed by atoms with Gasteiger partial charge in [-0.15, -0.1) is 0 Å². The number of hydrogen-bond acceptors (Lipinski definition) is 3. The topological polar surface area (TPSA) is 46.5 Å². The molecule has 23 heavy (non-hydrogen) atoms. The molecule has 1 aromatic rings. The molecule has 3 atom stereocenters. The van der Waals surface area contributed by atoms with Gasteiger partial charge in [0.25, 0.3) is 0 Å². The summed E-state index contributed by atoms with van der Waals surface area (Å²) in [5.74, 6) is -0.849. The van der Waals surface area contributed by atoms with E-state index in [4.69, 9.17) is 4.74 Å². The Hall–Kier alpha value is -1.39. The summed E-state index contributed by atoms with van der Waals surface area (Å²) in [7, 11) is 2.35. The first kappa shape index (κ1) is 16.5. The molecule has 0 aromatic heterocycles. The number of piperidine rings is 1. The average molecular weight is 318 g/mol. The number of carbonyl (C=O) groups excluding carboxylic acids is 1. The zero-order chi connectivity index (χ0) is 16.4. The number of carbonyl (C=O) groups is 1. The Bertz CT molecular complexity index is 531. The molecule has 0 saturated carbocycles. The molecule has 0 radical (unpaired) electrons. The number of nitrogens with zero attached hydrogens (tertiary/aromatic N) is 1. The maximum Gasteiger partial charge on any atom is 0.316 e. The summed E-state index contributed by atoms with van der Waals surface area (Å²) >= 11 is 0. The lowest BCUT2D eigenvalue weighted by atomic mass is 9.96. The molecule has 1 aromatic carbocycles. The number of esters is 1. The van der Waals surface area contributed by atoms with Crippen LogP contribution in [0.3, 0.4) is 0 Å². The van der Waals surface area contributed by atoms with Crippen molar-refractivity contribution in [3.8, 4) is 0 Å². The first-order chi connectivity index (χ1) is 11.1. The quantitative estimate of drug-likeness (QED) is 0.670. The highest BCUT2D eigenvalue weighted by Gasteiger charge is 2.51. The molecule has 2 aliphatic rings. The van der Waals surface area contributed by atoms with E-state index in [1.165, 1.54) is 12.8 Å². The molecule has 2 fully saturated rings. The van der Waals surface area contributed by atoms with E-state index < -0.39 is 5.92 Å². The molecule has 3 rings (SSSR count). The van der Waals surface area contributed by atoms with Crippen LogP contribution >= 0.6 is 0 Å². The van der Waals surface area contributed by atoms with Gasteiger partial charge in [0.15, 0.2) is 0 Å². The summed E-state index contributed by atoms with van der Waals surface area (Å²) in [5, 5.41) is 9.61. The van der Waals surface area contributed by atoms with E-state index >= 15 is 0 Å². The largest absolute Gasteiger partial charge is 0.461 e. The second kappa shape index (κ2) is 6.62. The Labute approximate surface area is 138 Å². The van der Waals surface area contributed by atoms with E-state index in [1.54, 1.807) is 0 Å². The smallest absolute Gasteiger partial charge is 0.316 e. The van der Waals surface area contributed by atoms with Crippen LogP contribution in [0.25, 0.3) is 0 Å². The van der Waals surface area contributed by atoms with Gasteiger partial charge in [0, 0.05) is 25.7 Å². The minimum Gasteiger partial charge on any atom is -0.461 e. The molecule has 2 heterocycles. The summed E-state index contributed by atoms with van der Waals surface area (Å²) in [4.78, 5) is 12.5. The van der Waals surface area contributed by atoms with Crippen LogP contribution in [0.5, 0.6) is 0 Å². The van der Waals surface area contributed by atoms with Crippen LogP contribution < -0.4 is 0 Å². The fraction of sp³-hybridized carbons (Fsp3) is 0.632. The predicted octanol–water partition coefficient (Wildman–Crippen LogP) is 2.47.